The van der Waals surface area contributed by atoms with Crippen molar-refractivity contribution in [3.8, 4) is 0 Å². The molecular formula is C28H25ClN4O2S. The van der Waals surface area contributed by atoms with E-state index in [1.54, 1.807) is 24.2 Å². The molecule has 0 aliphatic rings. The molecule has 0 radical (unpaired) electrons. The van der Waals surface area contributed by atoms with E-state index in [1.807, 2.05) is 79.9 Å². The molecule has 2 aromatic carbocycles. The Morgan fingerprint density at radius 2 is 1.86 bits per heavy atom. The van der Waals surface area contributed by atoms with Crippen molar-refractivity contribution < 1.29 is 9.21 Å². The lowest BCUT2D eigenvalue weighted by molar-refractivity contribution is 0.0939. The van der Waals surface area contributed by atoms with Gasteiger partial charge in [0.1, 0.15) is 5.76 Å². The fourth-order valence-corrected chi connectivity index (χ4v) is 5.07. The molecule has 0 saturated heterocycles. The molecule has 36 heavy (non-hydrogen) atoms. The van der Waals surface area contributed by atoms with E-state index in [9.17, 15) is 4.79 Å². The minimum Gasteiger partial charge on any atom is -0.469 e. The number of imidazole rings is 1. The van der Waals surface area contributed by atoms with E-state index in [0.717, 1.165) is 38.3 Å². The smallest absolute Gasteiger partial charge is 0.251 e. The van der Waals surface area contributed by atoms with Crippen molar-refractivity contribution in [3.63, 3.8) is 0 Å². The Kier molecular flexibility index (Phi) is 7.39. The van der Waals surface area contributed by atoms with Crippen LogP contribution in [0.2, 0.25) is 5.02 Å². The highest BCUT2D eigenvalue weighted by Gasteiger charge is 2.14. The normalized spacial score (nSPS) is 12.1. The van der Waals surface area contributed by atoms with Crippen LogP contribution in [0.25, 0.3) is 11.0 Å². The molecule has 1 N–H and O–H groups in total. The number of amides is 1. The van der Waals surface area contributed by atoms with E-state index in [-0.39, 0.29) is 11.9 Å². The summed E-state index contributed by atoms with van der Waals surface area (Å²) in [6, 6.07) is 21.2. The number of benzene rings is 2. The summed E-state index contributed by atoms with van der Waals surface area (Å²) in [4.78, 5) is 21.8. The fraction of sp³-hybridized carbons (Fsp3) is 0.179. The van der Waals surface area contributed by atoms with Gasteiger partial charge in [-0.2, -0.15) is 0 Å². The molecule has 0 bridgehead atoms. The van der Waals surface area contributed by atoms with Gasteiger partial charge in [-0.15, -0.1) is 0 Å². The molecule has 0 aliphatic heterocycles. The summed E-state index contributed by atoms with van der Waals surface area (Å²) in [6.45, 7) is 2.60. The van der Waals surface area contributed by atoms with Crippen molar-refractivity contribution in [1.29, 1.82) is 0 Å². The lowest BCUT2D eigenvalue weighted by Crippen LogP contribution is -2.33. The van der Waals surface area contributed by atoms with E-state index in [0.29, 0.717) is 18.5 Å². The standard InChI is InChI=1S/C28H25ClN4O2S/c1-19(15-24-3-2-14-35-24)31-27(34)22-8-4-20(5-9-22)17-33-26-16-30-13-12-25(26)32-28(33)36-18-21-6-10-23(29)11-7-21/h2-14,16,19H,15,17-18H2,1H3,(H,31,34)/t19-/m0/s1. The van der Waals surface area contributed by atoms with Gasteiger partial charge in [0.2, 0.25) is 0 Å². The van der Waals surface area contributed by atoms with Crippen LogP contribution in [0.15, 0.2) is 95.0 Å². The second-order valence-electron chi connectivity index (χ2n) is 8.61. The number of carbonyl (C=O) groups is 1. The Labute approximate surface area is 218 Å². The number of nitrogens with zero attached hydrogens (tertiary/aromatic N) is 3. The molecule has 0 aliphatic carbocycles. The largest absolute Gasteiger partial charge is 0.469 e. The van der Waals surface area contributed by atoms with Gasteiger partial charge in [-0.3, -0.25) is 9.78 Å². The SMILES string of the molecule is C[C@@H](Cc1ccco1)NC(=O)c1ccc(Cn2c(SCc3ccc(Cl)cc3)nc3ccncc32)cc1. The van der Waals surface area contributed by atoms with Gasteiger partial charge in [0.15, 0.2) is 5.16 Å². The van der Waals surface area contributed by atoms with Crippen LogP contribution in [0.5, 0.6) is 0 Å². The molecule has 5 rings (SSSR count). The maximum Gasteiger partial charge on any atom is 0.251 e. The third-order valence-electron chi connectivity index (χ3n) is 5.82. The van der Waals surface area contributed by atoms with Crippen LogP contribution in [0.4, 0.5) is 0 Å². The Morgan fingerprint density at radius 3 is 2.61 bits per heavy atom. The number of fused-ring (bicyclic) bond motifs is 1. The fourth-order valence-electron chi connectivity index (χ4n) is 3.97. The number of aromatic nitrogens is 3. The van der Waals surface area contributed by atoms with Crippen molar-refractivity contribution in [2.75, 3.05) is 0 Å². The second-order valence-corrected chi connectivity index (χ2v) is 9.99. The summed E-state index contributed by atoms with van der Waals surface area (Å²) >= 11 is 7.70. The molecule has 0 spiro atoms. The molecule has 3 aromatic heterocycles. The summed E-state index contributed by atoms with van der Waals surface area (Å²) in [5, 5.41) is 4.68. The van der Waals surface area contributed by atoms with Crippen molar-refractivity contribution in [2.24, 2.45) is 0 Å². The third kappa shape index (κ3) is 5.80. The van der Waals surface area contributed by atoms with E-state index >= 15 is 0 Å². The van der Waals surface area contributed by atoms with Crippen LogP contribution in [0.1, 0.15) is 34.2 Å². The highest BCUT2D eigenvalue weighted by Crippen LogP contribution is 2.28. The minimum atomic E-state index is -0.0999. The third-order valence-corrected chi connectivity index (χ3v) is 7.12. The molecule has 3 heterocycles. The van der Waals surface area contributed by atoms with Crippen molar-refractivity contribution >= 4 is 40.3 Å². The van der Waals surface area contributed by atoms with Crippen LogP contribution >= 0.6 is 23.4 Å². The number of furan rings is 1. The zero-order valence-electron chi connectivity index (χ0n) is 19.7. The minimum absolute atomic E-state index is 0.0339. The van der Waals surface area contributed by atoms with Gasteiger partial charge in [0.25, 0.3) is 5.91 Å². The van der Waals surface area contributed by atoms with E-state index in [1.165, 1.54) is 5.56 Å². The summed E-state index contributed by atoms with van der Waals surface area (Å²) in [5.41, 5.74) is 4.76. The number of nitrogens with one attached hydrogen (secondary N) is 1. The van der Waals surface area contributed by atoms with Crippen LogP contribution in [0, 0.1) is 0 Å². The summed E-state index contributed by atoms with van der Waals surface area (Å²) in [6.07, 6.45) is 5.89. The molecule has 0 fully saturated rings. The monoisotopic (exact) mass is 516 g/mol. The maximum absolute atomic E-state index is 12.7. The van der Waals surface area contributed by atoms with E-state index in [2.05, 4.69) is 14.9 Å². The summed E-state index contributed by atoms with van der Waals surface area (Å²) in [5.74, 6) is 1.53. The maximum atomic E-state index is 12.7. The van der Waals surface area contributed by atoms with Gasteiger partial charge in [-0.25, -0.2) is 4.98 Å². The van der Waals surface area contributed by atoms with Crippen LogP contribution in [-0.4, -0.2) is 26.5 Å². The number of hydrogen-bond acceptors (Lipinski definition) is 5. The summed E-state index contributed by atoms with van der Waals surface area (Å²) in [7, 11) is 0. The first-order valence-corrected chi connectivity index (χ1v) is 13.0. The molecule has 6 nitrogen and oxygen atoms in total. The van der Waals surface area contributed by atoms with Gasteiger partial charge >= 0.3 is 0 Å². The highest BCUT2D eigenvalue weighted by molar-refractivity contribution is 7.98. The van der Waals surface area contributed by atoms with Crippen molar-refractivity contribution in [3.05, 3.63) is 113 Å². The van der Waals surface area contributed by atoms with Crippen LogP contribution in [-0.2, 0) is 18.7 Å². The first-order valence-electron chi connectivity index (χ1n) is 11.6. The quantitative estimate of drug-likeness (QED) is 0.230. The molecule has 0 unspecified atom stereocenters. The predicted molar refractivity (Wildman–Crippen MR) is 143 cm³/mol. The van der Waals surface area contributed by atoms with Crippen molar-refractivity contribution in [2.45, 2.75) is 36.8 Å². The zero-order valence-corrected chi connectivity index (χ0v) is 21.3. The number of thioether (sulfide) groups is 1. The van der Waals surface area contributed by atoms with Gasteiger partial charge < -0.3 is 14.3 Å². The molecule has 8 heteroatoms. The predicted octanol–water partition coefficient (Wildman–Crippen LogP) is 6.38. The van der Waals surface area contributed by atoms with Crippen LogP contribution < -0.4 is 5.32 Å². The molecule has 5 aromatic rings. The zero-order chi connectivity index (χ0) is 24.9. The highest BCUT2D eigenvalue weighted by atomic mass is 35.5. The van der Waals surface area contributed by atoms with Gasteiger partial charge in [0, 0.05) is 35.0 Å². The Bertz CT molecular complexity index is 1450. The molecule has 1 amide bonds. The Hall–Kier alpha value is -3.55. The average Bonchev–Trinajstić information content (AvgIpc) is 3.52. The van der Waals surface area contributed by atoms with Gasteiger partial charge in [-0.1, -0.05) is 47.6 Å². The van der Waals surface area contributed by atoms with Crippen LogP contribution in [0.3, 0.4) is 0 Å². The van der Waals surface area contributed by atoms with Gasteiger partial charge in [0.05, 0.1) is 30.0 Å². The number of halogens is 1. The molecule has 1 atom stereocenters. The first kappa shape index (κ1) is 24.2. The Balaban J connectivity index is 1.29. The van der Waals surface area contributed by atoms with E-state index in [4.69, 9.17) is 21.0 Å². The number of carbonyl (C=O) groups excluding carboxylic acids is 1. The lowest BCUT2D eigenvalue weighted by Gasteiger charge is -2.13. The molecule has 182 valence electrons. The average molecular weight is 517 g/mol. The summed E-state index contributed by atoms with van der Waals surface area (Å²) < 4.78 is 7.54. The van der Waals surface area contributed by atoms with Crippen molar-refractivity contribution in [1.82, 2.24) is 19.9 Å². The number of rotatable bonds is 9. The second kappa shape index (κ2) is 11.0. The number of hydrogen-bond donors (Lipinski definition) is 1. The molecular weight excluding hydrogens is 492 g/mol. The molecule has 0 saturated carbocycles. The topological polar surface area (TPSA) is 73.0 Å². The first-order chi connectivity index (χ1) is 17.5. The number of pyridine rings is 1. The van der Waals surface area contributed by atoms with Gasteiger partial charge in [-0.05, 0) is 60.5 Å². The lowest BCUT2D eigenvalue weighted by atomic mass is 10.1. The van der Waals surface area contributed by atoms with E-state index < -0.39 is 0 Å². The Morgan fingerprint density at radius 1 is 1.08 bits per heavy atom.